The summed E-state index contributed by atoms with van der Waals surface area (Å²) in [5, 5.41) is 20.8. The summed E-state index contributed by atoms with van der Waals surface area (Å²) in [5.74, 6) is 1.72. The Morgan fingerprint density at radius 3 is 2.59 bits per heavy atom. The number of ketones is 1. The lowest BCUT2D eigenvalue weighted by atomic mass is 9.43. The van der Waals surface area contributed by atoms with Gasteiger partial charge in [-0.1, -0.05) is 39.2 Å². The number of hydrogen-bond acceptors (Lipinski definition) is 3. The Hall–Kier alpha value is -1.16. The highest BCUT2D eigenvalue weighted by atomic mass is 16.4. The van der Waals surface area contributed by atoms with E-state index >= 15 is 0 Å². The monoisotopic (exact) mass is 402 g/mol. The number of allylic oxidation sites excluding steroid dienone is 1. The van der Waals surface area contributed by atoms with E-state index in [0.717, 1.165) is 44.9 Å². The van der Waals surface area contributed by atoms with Crippen LogP contribution in [0.3, 0.4) is 0 Å². The third-order valence-corrected chi connectivity index (χ3v) is 9.87. The van der Waals surface area contributed by atoms with Gasteiger partial charge in [0, 0.05) is 12.8 Å². The van der Waals surface area contributed by atoms with E-state index in [0.29, 0.717) is 42.3 Å². The Morgan fingerprint density at radius 1 is 1.17 bits per heavy atom. The van der Waals surface area contributed by atoms with Gasteiger partial charge in [-0.15, -0.1) is 0 Å². The quantitative estimate of drug-likeness (QED) is 0.668. The van der Waals surface area contributed by atoms with Crippen molar-refractivity contribution in [1.29, 1.82) is 0 Å². The molecule has 0 bridgehead atoms. The van der Waals surface area contributed by atoms with Crippen LogP contribution in [0.25, 0.3) is 0 Å². The van der Waals surface area contributed by atoms with E-state index in [1.807, 2.05) is 6.08 Å². The van der Waals surface area contributed by atoms with Crippen molar-refractivity contribution in [3.63, 3.8) is 0 Å². The lowest BCUT2D eigenvalue weighted by molar-refractivity contribution is -0.152. The number of fused-ring (bicyclic) bond motifs is 5. The van der Waals surface area contributed by atoms with Gasteiger partial charge in [0.2, 0.25) is 0 Å². The van der Waals surface area contributed by atoms with E-state index < -0.39 is 11.6 Å². The maximum atomic E-state index is 12.2. The van der Waals surface area contributed by atoms with Crippen molar-refractivity contribution in [1.82, 2.24) is 0 Å². The van der Waals surface area contributed by atoms with Crippen LogP contribution in [-0.4, -0.2) is 27.6 Å². The Morgan fingerprint density at radius 2 is 1.90 bits per heavy atom. The van der Waals surface area contributed by atoms with E-state index in [1.165, 1.54) is 12.0 Å². The van der Waals surface area contributed by atoms with Crippen LogP contribution >= 0.6 is 0 Å². The zero-order chi connectivity index (χ0) is 21.0. The summed E-state index contributed by atoms with van der Waals surface area (Å²) in [5.41, 5.74) is 0.497. The third-order valence-electron chi connectivity index (χ3n) is 9.87. The fraction of sp³-hybridized carbons (Fsp3) is 0.840. The molecule has 0 saturated heterocycles. The third kappa shape index (κ3) is 3.12. The van der Waals surface area contributed by atoms with Gasteiger partial charge in [-0.05, 0) is 85.5 Å². The maximum Gasteiger partial charge on any atom is 0.303 e. The van der Waals surface area contributed by atoms with Crippen molar-refractivity contribution in [2.45, 2.75) is 97.0 Å². The molecule has 0 amide bonds. The van der Waals surface area contributed by atoms with Crippen molar-refractivity contribution in [2.24, 2.45) is 34.5 Å². The summed E-state index contributed by atoms with van der Waals surface area (Å²) < 4.78 is 0. The molecule has 3 saturated carbocycles. The number of rotatable bonds is 5. The average molecular weight is 403 g/mol. The van der Waals surface area contributed by atoms with Crippen molar-refractivity contribution < 1.29 is 19.8 Å². The van der Waals surface area contributed by atoms with E-state index in [9.17, 15) is 19.8 Å². The molecule has 0 spiro atoms. The van der Waals surface area contributed by atoms with Gasteiger partial charge in [0.25, 0.3) is 0 Å². The van der Waals surface area contributed by atoms with Crippen LogP contribution in [0.4, 0.5) is 0 Å². The summed E-state index contributed by atoms with van der Waals surface area (Å²) in [7, 11) is 0. The first-order valence-corrected chi connectivity index (χ1v) is 11.8. The highest BCUT2D eigenvalue weighted by molar-refractivity contribution is 5.91. The lowest BCUT2D eigenvalue weighted by Crippen LogP contribution is -2.57. The van der Waals surface area contributed by atoms with Gasteiger partial charge in [0.15, 0.2) is 5.78 Å². The van der Waals surface area contributed by atoms with Gasteiger partial charge in [0.1, 0.15) is 0 Å². The van der Waals surface area contributed by atoms with Crippen molar-refractivity contribution in [3.8, 4) is 0 Å². The zero-order valence-electron chi connectivity index (χ0n) is 18.4. The van der Waals surface area contributed by atoms with Crippen molar-refractivity contribution in [3.05, 3.63) is 11.6 Å². The summed E-state index contributed by atoms with van der Waals surface area (Å²) in [6.07, 6.45) is 11.3. The maximum absolute atomic E-state index is 12.2. The molecule has 0 aliphatic heterocycles. The van der Waals surface area contributed by atoms with Gasteiger partial charge in [-0.2, -0.15) is 0 Å². The molecule has 0 radical (unpaired) electrons. The summed E-state index contributed by atoms with van der Waals surface area (Å²) in [6, 6.07) is 0. The molecule has 162 valence electrons. The minimum atomic E-state index is -0.850. The molecule has 4 aliphatic rings. The zero-order valence-corrected chi connectivity index (χ0v) is 18.4. The van der Waals surface area contributed by atoms with Crippen LogP contribution in [0.2, 0.25) is 0 Å². The van der Waals surface area contributed by atoms with Gasteiger partial charge in [-0.25, -0.2) is 0 Å². The smallest absolute Gasteiger partial charge is 0.303 e. The summed E-state index contributed by atoms with van der Waals surface area (Å²) in [6.45, 7) is 6.91. The first kappa shape index (κ1) is 21.1. The molecule has 0 heterocycles. The van der Waals surface area contributed by atoms with Gasteiger partial charge < -0.3 is 10.2 Å². The minimum Gasteiger partial charge on any atom is -0.481 e. The Balaban J connectivity index is 1.69. The average Bonchev–Trinajstić information content (AvgIpc) is 2.93. The second-order valence-electron chi connectivity index (χ2n) is 11.0. The van der Waals surface area contributed by atoms with E-state index in [1.54, 1.807) is 0 Å². The summed E-state index contributed by atoms with van der Waals surface area (Å²) >= 11 is 0. The molecule has 4 rings (SSSR count). The number of hydrogen-bond donors (Lipinski definition) is 2. The molecular weight excluding hydrogens is 364 g/mol. The number of aliphatic carboxylic acids is 1. The number of carbonyl (C=O) groups is 2. The fourth-order valence-electron chi connectivity index (χ4n) is 8.21. The SMILES string of the molecule is CCC[C@@H]1CC2=CC(=O)CC[C@]2(C)[C@H]2CCC3(C)C(CCC3(O)CCC(=O)O)C12. The highest BCUT2D eigenvalue weighted by Crippen LogP contribution is 2.69. The first-order valence-electron chi connectivity index (χ1n) is 11.8. The van der Waals surface area contributed by atoms with Crippen LogP contribution in [0.1, 0.15) is 91.4 Å². The molecule has 2 N–H and O–H groups in total. The predicted molar refractivity (Wildman–Crippen MR) is 112 cm³/mol. The van der Waals surface area contributed by atoms with Crippen LogP contribution in [0.15, 0.2) is 11.6 Å². The van der Waals surface area contributed by atoms with Crippen molar-refractivity contribution >= 4 is 11.8 Å². The first-order chi connectivity index (χ1) is 13.6. The molecule has 0 aromatic carbocycles. The standard InChI is InChI=1S/C25H38O4/c1-4-5-16-14-17-15-18(26)6-10-23(17,2)19-7-11-24(3)20(22(16)19)8-12-25(24,29)13-9-21(27)28/h15-16,19-20,22,29H,4-14H2,1-3H3,(H,27,28)/t16-,19+,20?,22?,23+,24?,25?/m1/s1. The lowest BCUT2D eigenvalue weighted by Gasteiger charge is -2.61. The minimum absolute atomic E-state index is 0.0536. The molecular formula is C25H38O4. The topological polar surface area (TPSA) is 74.6 Å². The van der Waals surface area contributed by atoms with Gasteiger partial charge in [-0.3, -0.25) is 9.59 Å². The van der Waals surface area contributed by atoms with Crippen LogP contribution in [-0.2, 0) is 9.59 Å². The molecule has 7 atom stereocenters. The van der Waals surface area contributed by atoms with Gasteiger partial charge >= 0.3 is 5.97 Å². The van der Waals surface area contributed by atoms with Gasteiger partial charge in [0.05, 0.1) is 5.60 Å². The molecule has 3 fully saturated rings. The second kappa shape index (κ2) is 7.21. The Labute approximate surface area is 175 Å². The number of carboxylic acids is 1. The molecule has 0 aromatic heterocycles. The second-order valence-corrected chi connectivity index (χ2v) is 11.0. The number of carbonyl (C=O) groups excluding carboxylic acids is 1. The van der Waals surface area contributed by atoms with E-state index in [4.69, 9.17) is 0 Å². The van der Waals surface area contributed by atoms with Crippen LogP contribution < -0.4 is 0 Å². The number of aliphatic hydroxyl groups is 1. The van der Waals surface area contributed by atoms with Crippen LogP contribution in [0.5, 0.6) is 0 Å². The largest absolute Gasteiger partial charge is 0.481 e. The van der Waals surface area contributed by atoms with Crippen LogP contribution in [0, 0.1) is 34.5 Å². The predicted octanol–water partition coefficient (Wildman–Crippen LogP) is 5.14. The normalized spacial score (nSPS) is 46.5. The molecule has 29 heavy (non-hydrogen) atoms. The molecule has 4 aliphatic carbocycles. The molecule has 4 heteroatoms. The highest BCUT2D eigenvalue weighted by Gasteiger charge is 2.65. The van der Waals surface area contributed by atoms with E-state index in [-0.39, 0.29) is 17.3 Å². The molecule has 0 aromatic rings. The Kier molecular flexibility index (Phi) is 5.25. The Bertz CT molecular complexity index is 726. The van der Waals surface area contributed by atoms with Crippen molar-refractivity contribution in [2.75, 3.05) is 0 Å². The van der Waals surface area contributed by atoms with E-state index in [2.05, 4.69) is 20.8 Å². The number of carboxylic acid groups (broad SMARTS) is 1. The molecule has 4 nitrogen and oxygen atoms in total. The fourth-order valence-corrected chi connectivity index (χ4v) is 8.21. The molecule has 4 unspecified atom stereocenters. The summed E-state index contributed by atoms with van der Waals surface area (Å²) in [4.78, 5) is 23.4.